The summed E-state index contributed by atoms with van der Waals surface area (Å²) in [5.74, 6) is 1.33. The Hall–Kier alpha value is -3.11. The number of piperidine rings is 1. The number of thiophene rings is 1. The van der Waals surface area contributed by atoms with E-state index < -0.39 is 5.91 Å². The Morgan fingerprint density at radius 2 is 1.86 bits per heavy atom. The smallest absolute Gasteiger partial charge is 0.260 e. The van der Waals surface area contributed by atoms with Gasteiger partial charge in [-0.25, -0.2) is 4.98 Å². The lowest BCUT2D eigenvalue weighted by atomic mass is 10.1. The number of carbonyl (C=O) groups excluding carboxylic acids is 1. The van der Waals surface area contributed by atoms with Gasteiger partial charge in [-0.15, -0.1) is 11.3 Å². The van der Waals surface area contributed by atoms with Gasteiger partial charge in [-0.2, -0.15) is 4.98 Å². The van der Waals surface area contributed by atoms with Crippen LogP contribution in [0.3, 0.4) is 0 Å². The molecule has 0 radical (unpaired) electrons. The van der Waals surface area contributed by atoms with E-state index >= 15 is 0 Å². The summed E-state index contributed by atoms with van der Waals surface area (Å²) >= 11 is 1.11. The number of rotatable bonds is 5. The Morgan fingerprint density at radius 3 is 2.48 bits per heavy atom. The van der Waals surface area contributed by atoms with Gasteiger partial charge in [0.15, 0.2) is 0 Å². The molecule has 0 bridgehead atoms. The lowest BCUT2D eigenvalue weighted by Gasteiger charge is -2.29. The van der Waals surface area contributed by atoms with E-state index in [0.29, 0.717) is 53.6 Å². The van der Waals surface area contributed by atoms with Gasteiger partial charge in [-0.3, -0.25) is 4.79 Å². The van der Waals surface area contributed by atoms with E-state index in [0.717, 1.165) is 11.3 Å². The Balaban J connectivity index is 1.79. The van der Waals surface area contributed by atoms with Gasteiger partial charge in [0.05, 0.1) is 24.3 Å². The van der Waals surface area contributed by atoms with E-state index in [9.17, 15) is 9.90 Å². The second-order valence-corrected chi connectivity index (χ2v) is 7.71. The minimum Gasteiger partial charge on any atom is -0.497 e. The highest BCUT2D eigenvalue weighted by atomic mass is 32.1. The van der Waals surface area contributed by atoms with Gasteiger partial charge in [0.2, 0.25) is 11.8 Å². The molecule has 5 N–H and O–H groups in total. The molecular formula is C19H21N5O4S. The Kier molecular flexibility index (Phi) is 5.12. The summed E-state index contributed by atoms with van der Waals surface area (Å²) in [5.41, 5.74) is 11.8. The van der Waals surface area contributed by atoms with Crippen molar-refractivity contribution in [3.05, 3.63) is 29.1 Å². The molecule has 2 aromatic heterocycles. The van der Waals surface area contributed by atoms with Crippen LogP contribution in [0.1, 0.15) is 22.5 Å². The van der Waals surface area contributed by atoms with Crippen LogP contribution in [-0.2, 0) is 0 Å². The van der Waals surface area contributed by atoms with Gasteiger partial charge in [-0.1, -0.05) is 0 Å². The highest BCUT2D eigenvalue weighted by Gasteiger charge is 2.25. The van der Waals surface area contributed by atoms with E-state index in [2.05, 4.69) is 9.97 Å². The van der Waals surface area contributed by atoms with Crippen LogP contribution in [0.25, 0.3) is 10.2 Å². The molecule has 10 heteroatoms. The van der Waals surface area contributed by atoms with Crippen LogP contribution in [0.15, 0.2) is 24.3 Å². The molecule has 1 aliphatic heterocycles. The van der Waals surface area contributed by atoms with Crippen molar-refractivity contribution in [3.63, 3.8) is 0 Å². The number of aliphatic hydroxyl groups is 1. The van der Waals surface area contributed by atoms with Gasteiger partial charge in [0.1, 0.15) is 21.2 Å². The Labute approximate surface area is 170 Å². The fourth-order valence-electron chi connectivity index (χ4n) is 3.20. The number of hydrogen-bond acceptors (Lipinski definition) is 9. The molecule has 1 amide bonds. The number of methoxy groups -OCH3 is 1. The molecule has 29 heavy (non-hydrogen) atoms. The zero-order valence-electron chi connectivity index (χ0n) is 15.8. The number of fused-ring (bicyclic) bond motifs is 1. The number of nitrogens with zero attached hydrogens (tertiary/aromatic N) is 3. The van der Waals surface area contributed by atoms with Crippen molar-refractivity contribution in [1.29, 1.82) is 0 Å². The lowest BCUT2D eigenvalue weighted by molar-refractivity contribution is 0.100. The van der Waals surface area contributed by atoms with Gasteiger partial charge >= 0.3 is 0 Å². The lowest BCUT2D eigenvalue weighted by Crippen LogP contribution is -2.36. The van der Waals surface area contributed by atoms with Crippen LogP contribution in [0.5, 0.6) is 17.4 Å². The molecule has 1 aliphatic rings. The summed E-state index contributed by atoms with van der Waals surface area (Å²) in [6, 6.07) is 7.04. The number of anilines is 2. The topological polar surface area (TPSA) is 137 Å². The summed E-state index contributed by atoms with van der Waals surface area (Å²) in [5, 5.41) is 10.2. The average Bonchev–Trinajstić information content (AvgIpc) is 3.06. The fourth-order valence-corrected chi connectivity index (χ4v) is 4.13. The number of hydrogen-bond donors (Lipinski definition) is 3. The third-order valence-electron chi connectivity index (χ3n) is 4.79. The molecule has 0 saturated carbocycles. The number of aliphatic hydroxyl groups excluding tert-OH is 1. The molecular weight excluding hydrogens is 394 g/mol. The number of aromatic nitrogens is 2. The fraction of sp³-hybridized carbons (Fsp3) is 0.316. The molecule has 3 aromatic rings. The summed E-state index contributed by atoms with van der Waals surface area (Å²) in [6.45, 7) is 1.25. The third kappa shape index (κ3) is 3.76. The first-order chi connectivity index (χ1) is 14.0. The summed E-state index contributed by atoms with van der Waals surface area (Å²) in [7, 11) is 1.59. The van der Waals surface area contributed by atoms with Crippen LogP contribution in [0.4, 0.5) is 11.6 Å². The van der Waals surface area contributed by atoms with Crippen LogP contribution in [0, 0.1) is 0 Å². The summed E-state index contributed by atoms with van der Waals surface area (Å²) in [6.07, 6.45) is 0.952. The van der Waals surface area contributed by atoms with Crippen molar-refractivity contribution in [2.75, 3.05) is 30.8 Å². The number of benzene rings is 1. The molecule has 152 valence electrons. The van der Waals surface area contributed by atoms with Crippen molar-refractivity contribution < 1.29 is 19.4 Å². The zero-order chi connectivity index (χ0) is 20.5. The molecule has 3 heterocycles. The quantitative estimate of drug-likeness (QED) is 0.576. The maximum absolute atomic E-state index is 11.8. The zero-order valence-corrected chi connectivity index (χ0v) is 16.6. The first-order valence-electron chi connectivity index (χ1n) is 9.11. The molecule has 4 rings (SSSR count). The van der Waals surface area contributed by atoms with Crippen molar-refractivity contribution in [2.45, 2.75) is 18.9 Å². The normalized spacial score (nSPS) is 14.9. The van der Waals surface area contributed by atoms with Gasteiger partial charge in [-0.05, 0) is 37.1 Å². The predicted octanol–water partition coefficient (Wildman–Crippen LogP) is 2.13. The highest BCUT2D eigenvalue weighted by Crippen LogP contribution is 2.40. The number of primary amides is 1. The van der Waals surface area contributed by atoms with Crippen molar-refractivity contribution in [1.82, 2.24) is 9.97 Å². The first kappa shape index (κ1) is 19.2. The number of amides is 1. The molecule has 9 nitrogen and oxygen atoms in total. The molecule has 0 spiro atoms. The molecule has 0 unspecified atom stereocenters. The summed E-state index contributed by atoms with van der Waals surface area (Å²) < 4.78 is 11.2. The number of ether oxygens (including phenoxy) is 2. The van der Waals surface area contributed by atoms with Crippen LogP contribution < -0.4 is 25.8 Å². The third-order valence-corrected chi connectivity index (χ3v) is 5.90. The van der Waals surface area contributed by atoms with E-state index in [1.165, 1.54) is 0 Å². The Bertz CT molecular complexity index is 1040. The molecule has 0 aliphatic carbocycles. The largest absolute Gasteiger partial charge is 0.497 e. The predicted molar refractivity (Wildman–Crippen MR) is 111 cm³/mol. The van der Waals surface area contributed by atoms with Gasteiger partial charge in [0.25, 0.3) is 5.91 Å². The monoisotopic (exact) mass is 415 g/mol. The first-order valence-corrected chi connectivity index (χ1v) is 9.92. The highest BCUT2D eigenvalue weighted by molar-refractivity contribution is 7.21. The van der Waals surface area contributed by atoms with Crippen LogP contribution in [-0.4, -0.2) is 47.3 Å². The standard InChI is InChI=1S/C19H21N5O4S/c1-27-11-2-4-12(5-3-11)28-17-13-14(20)15(16(21)26)29-18(13)23-19(22-17)24-8-6-10(25)7-9-24/h2-5,10,25H,6-9,20H2,1H3,(H2,21,26). The second kappa shape index (κ2) is 7.72. The summed E-state index contributed by atoms with van der Waals surface area (Å²) in [4.78, 5) is 23.6. The average molecular weight is 415 g/mol. The second-order valence-electron chi connectivity index (χ2n) is 6.71. The van der Waals surface area contributed by atoms with E-state index in [1.54, 1.807) is 31.4 Å². The van der Waals surface area contributed by atoms with Gasteiger partial charge in [0, 0.05) is 13.1 Å². The van der Waals surface area contributed by atoms with Crippen LogP contribution in [0.2, 0.25) is 0 Å². The SMILES string of the molecule is COc1ccc(Oc2nc(N3CCC(O)CC3)nc3sc(C(N)=O)c(N)c23)cc1. The van der Waals surface area contributed by atoms with Gasteiger partial charge < -0.3 is 30.9 Å². The molecule has 0 atom stereocenters. The van der Waals surface area contributed by atoms with Crippen molar-refractivity contribution in [2.24, 2.45) is 5.73 Å². The Morgan fingerprint density at radius 1 is 1.21 bits per heavy atom. The van der Waals surface area contributed by atoms with E-state index in [1.807, 2.05) is 4.90 Å². The minimum absolute atomic E-state index is 0.210. The van der Waals surface area contributed by atoms with Crippen molar-refractivity contribution >= 4 is 39.1 Å². The minimum atomic E-state index is -0.622. The number of nitrogens with two attached hydrogens (primary N) is 2. The van der Waals surface area contributed by atoms with Crippen molar-refractivity contribution in [3.8, 4) is 17.4 Å². The maximum atomic E-state index is 11.8. The molecule has 1 fully saturated rings. The maximum Gasteiger partial charge on any atom is 0.260 e. The molecule has 1 aromatic carbocycles. The number of nitrogen functional groups attached to an aromatic ring is 1. The molecule has 1 saturated heterocycles. The van der Waals surface area contributed by atoms with E-state index in [-0.39, 0.29) is 22.5 Å². The number of carbonyl (C=O) groups is 1. The van der Waals surface area contributed by atoms with Crippen LogP contribution >= 0.6 is 11.3 Å². The van der Waals surface area contributed by atoms with E-state index in [4.69, 9.17) is 20.9 Å².